The number of nitrogens with zero attached hydrogens (tertiary/aromatic N) is 4. The zero-order valence-electron chi connectivity index (χ0n) is 17.9. The Morgan fingerprint density at radius 3 is 2.97 bits per heavy atom. The van der Waals surface area contributed by atoms with Gasteiger partial charge in [-0.1, -0.05) is 24.3 Å². The van der Waals surface area contributed by atoms with Gasteiger partial charge in [0.2, 0.25) is 11.8 Å². The molecule has 9 nitrogen and oxygen atoms in total. The Balaban J connectivity index is 1.45. The fraction of sp³-hybridized carbons (Fsp3) is 0.476. The lowest BCUT2D eigenvalue weighted by Gasteiger charge is -2.31. The number of fused-ring (bicyclic) bond motifs is 1. The summed E-state index contributed by atoms with van der Waals surface area (Å²) in [6.45, 7) is 4.42. The van der Waals surface area contributed by atoms with E-state index in [9.17, 15) is 14.4 Å². The topological polar surface area (TPSA) is 109 Å². The molecule has 4 rings (SSSR count). The molecule has 0 bridgehead atoms. The van der Waals surface area contributed by atoms with Crippen molar-refractivity contribution in [3.05, 3.63) is 39.1 Å². The number of thiazole rings is 1. The summed E-state index contributed by atoms with van der Waals surface area (Å²) in [6.07, 6.45) is 4.02. The highest BCUT2D eigenvalue weighted by atomic mass is 32.1. The van der Waals surface area contributed by atoms with Crippen LogP contribution in [0.2, 0.25) is 0 Å². The Bertz CT molecular complexity index is 1140. The number of piperidine rings is 1. The molecule has 0 aliphatic carbocycles. The third-order valence-electron chi connectivity index (χ3n) is 5.34. The lowest BCUT2D eigenvalue weighted by Crippen LogP contribution is -2.43. The third-order valence-corrected chi connectivity index (χ3v) is 7.31. The van der Waals surface area contributed by atoms with Gasteiger partial charge in [-0.2, -0.15) is 4.98 Å². The Kier molecular flexibility index (Phi) is 7.15. The van der Waals surface area contributed by atoms with Gasteiger partial charge >= 0.3 is 0 Å². The number of amides is 2. The fourth-order valence-electron chi connectivity index (χ4n) is 3.65. The molecular formula is C21H26N6O3S2. The molecule has 3 aromatic rings. The Labute approximate surface area is 193 Å². The van der Waals surface area contributed by atoms with Crippen LogP contribution in [0.5, 0.6) is 0 Å². The second-order valence-corrected chi connectivity index (χ2v) is 9.77. The minimum atomic E-state index is -0.278. The highest BCUT2D eigenvalue weighted by Crippen LogP contribution is 2.29. The summed E-state index contributed by atoms with van der Waals surface area (Å²) in [5.41, 5.74) is 0.0991. The van der Waals surface area contributed by atoms with Crippen LogP contribution in [0.15, 0.2) is 28.6 Å². The number of anilines is 1. The van der Waals surface area contributed by atoms with Gasteiger partial charge in [0.25, 0.3) is 5.56 Å². The van der Waals surface area contributed by atoms with Crippen LogP contribution in [0, 0.1) is 5.92 Å². The molecule has 2 N–H and O–H groups in total. The molecule has 1 fully saturated rings. The number of aromatic nitrogens is 3. The number of rotatable bonds is 8. The molecule has 0 spiro atoms. The maximum Gasteiger partial charge on any atom is 0.273 e. The zero-order chi connectivity index (χ0) is 22.5. The maximum absolute atomic E-state index is 12.9. The van der Waals surface area contributed by atoms with Crippen molar-refractivity contribution in [3.8, 4) is 0 Å². The molecule has 0 radical (unpaired) electrons. The van der Waals surface area contributed by atoms with Crippen molar-refractivity contribution in [2.45, 2.75) is 39.3 Å². The zero-order valence-corrected chi connectivity index (χ0v) is 19.5. The minimum Gasteiger partial charge on any atom is -0.356 e. The number of carbonyl (C=O) groups excluding carboxylic acids is 2. The lowest BCUT2D eigenvalue weighted by atomic mass is 9.97. The summed E-state index contributed by atoms with van der Waals surface area (Å²) in [5, 5.41) is 8.43. The van der Waals surface area contributed by atoms with Crippen LogP contribution in [0.3, 0.4) is 0 Å². The largest absolute Gasteiger partial charge is 0.356 e. The van der Waals surface area contributed by atoms with Gasteiger partial charge in [0.05, 0.1) is 12.5 Å². The first-order valence-corrected chi connectivity index (χ1v) is 12.4. The molecule has 3 aromatic heterocycles. The van der Waals surface area contributed by atoms with Crippen molar-refractivity contribution in [1.82, 2.24) is 25.2 Å². The van der Waals surface area contributed by atoms with E-state index in [0.29, 0.717) is 35.1 Å². The van der Waals surface area contributed by atoms with Crippen LogP contribution < -0.4 is 21.1 Å². The second kappa shape index (κ2) is 10.2. The van der Waals surface area contributed by atoms with Gasteiger partial charge in [0.1, 0.15) is 17.6 Å². The van der Waals surface area contributed by atoms with Crippen molar-refractivity contribution in [2.24, 2.45) is 5.92 Å². The monoisotopic (exact) mass is 474 g/mol. The van der Waals surface area contributed by atoms with E-state index in [-0.39, 0.29) is 29.8 Å². The average Bonchev–Trinajstić information content (AvgIpc) is 3.48. The van der Waals surface area contributed by atoms with Crippen molar-refractivity contribution in [2.75, 3.05) is 24.5 Å². The first kappa shape index (κ1) is 22.4. The van der Waals surface area contributed by atoms with Crippen LogP contribution >= 0.6 is 22.7 Å². The number of nitrogens with one attached hydrogen (secondary N) is 2. The summed E-state index contributed by atoms with van der Waals surface area (Å²) in [6, 6.07) is 3.88. The molecule has 2 amide bonds. The molecule has 1 aliphatic rings. The van der Waals surface area contributed by atoms with E-state index in [1.807, 2.05) is 24.4 Å². The molecule has 1 saturated heterocycles. The van der Waals surface area contributed by atoms with Gasteiger partial charge in [0.15, 0.2) is 10.8 Å². The molecule has 11 heteroatoms. The van der Waals surface area contributed by atoms with Crippen molar-refractivity contribution in [3.63, 3.8) is 0 Å². The van der Waals surface area contributed by atoms with Gasteiger partial charge < -0.3 is 15.5 Å². The predicted octanol–water partition coefficient (Wildman–Crippen LogP) is 1.97. The minimum absolute atomic E-state index is 0.0757. The number of carbonyl (C=O) groups is 2. The SMILES string of the molecule is CCCNC(=O)C1CCCN(c2nc3ncn(CC(=O)NCc4cccs4)c(=O)c3s2)C1. The summed E-state index contributed by atoms with van der Waals surface area (Å²) < 4.78 is 1.73. The van der Waals surface area contributed by atoms with Crippen molar-refractivity contribution in [1.29, 1.82) is 0 Å². The van der Waals surface area contributed by atoms with Gasteiger partial charge in [-0.3, -0.25) is 19.0 Å². The molecule has 1 atom stereocenters. The lowest BCUT2D eigenvalue weighted by molar-refractivity contribution is -0.125. The molecule has 0 aromatic carbocycles. The second-order valence-electron chi connectivity index (χ2n) is 7.76. The predicted molar refractivity (Wildman–Crippen MR) is 126 cm³/mol. The molecule has 4 heterocycles. The van der Waals surface area contributed by atoms with E-state index in [4.69, 9.17) is 0 Å². The fourth-order valence-corrected chi connectivity index (χ4v) is 5.30. The highest BCUT2D eigenvalue weighted by molar-refractivity contribution is 7.22. The van der Waals surface area contributed by atoms with Crippen LogP contribution in [-0.2, 0) is 22.7 Å². The first-order chi connectivity index (χ1) is 15.5. The number of thiophene rings is 1. The van der Waals surface area contributed by atoms with Gasteiger partial charge in [0, 0.05) is 24.5 Å². The molecule has 1 aliphatic heterocycles. The molecular weight excluding hydrogens is 448 g/mol. The molecule has 1 unspecified atom stereocenters. The Hall–Kier alpha value is -2.79. The van der Waals surface area contributed by atoms with Crippen LogP contribution in [0.25, 0.3) is 10.3 Å². The van der Waals surface area contributed by atoms with Gasteiger partial charge in [-0.15, -0.1) is 11.3 Å². The van der Waals surface area contributed by atoms with Crippen molar-refractivity contribution < 1.29 is 9.59 Å². The Morgan fingerprint density at radius 2 is 2.19 bits per heavy atom. The van der Waals surface area contributed by atoms with E-state index in [0.717, 1.165) is 30.7 Å². The first-order valence-electron chi connectivity index (χ1n) is 10.7. The molecule has 170 valence electrons. The number of hydrogen-bond acceptors (Lipinski definition) is 8. The van der Waals surface area contributed by atoms with E-state index < -0.39 is 0 Å². The van der Waals surface area contributed by atoms with Crippen LogP contribution in [0.4, 0.5) is 5.13 Å². The molecule has 32 heavy (non-hydrogen) atoms. The average molecular weight is 475 g/mol. The number of hydrogen-bond donors (Lipinski definition) is 2. The van der Waals surface area contributed by atoms with Gasteiger partial charge in [-0.05, 0) is 30.7 Å². The standard InChI is InChI=1S/C21H26N6O3S2/c1-2-7-22-19(29)14-5-3-8-26(11-14)21-25-18-17(32-21)20(30)27(13-24-18)12-16(28)23-10-15-6-4-9-31-15/h4,6,9,13-14H,2-3,5,7-8,10-12H2,1H3,(H,22,29)(H,23,28). The third kappa shape index (κ3) is 5.16. The van der Waals surface area contributed by atoms with E-state index in [1.165, 1.54) is 22.2 Å². The smallest absolute Gasteiger partial charge is 0.273 e. The normalized spacial score (nSPS) is 16.3. The van der Waals surface area contributed by atoms with Gasteiger partial charge in [-0.25, -0.2) is 4.98 Å². The summed E-state index contributed by atoms with van der Waals surface area (Å²) in [4.78, 5) is 49.5. The maximum atomic E-state index is 12.9. The van der Waals surface area contributed by atoms with Crippen LogP contribution in [-0.4, -0.2) is 46.0 Å². The van der Waals surface area contributed by atoms with E-state index >= 15 is 0 Å². The molecule has 0 saturated carbocycles. The van der Waals surface area contributed by atoms with E-state index in [2.05, 4.69) is 25.5 Å². The van der Waals surface area contributed by atoms with Crippen molar-refractivity contribution >= 4 is 50.0 Å². The van der Waals surface area contributed by atoms with Crippen LogP contribution in [0.1, 0.15) is 31.1 Å². The summed E-state index contributed by atoms with van der Waals surface area (Å²) in [5.74, 6) is -0.256. The highest BCUT2D eigenvalue weighted by Gasteiger charge is 2.27. The quantitative estimate of drug-likeness (QED) is 0.517. The Morgan fingerprint density at radius 1 is 1.31 bits per heavy atom. The summed E-state index contributed by atoms with van der Waals surface area (Å²) in [7, 11) is 0. The summed E-state index contributed by atoms with van der Waals surface area (Å²) >= 11 is 2.84. The van der Waals surface area contributed by atoms with E-state index in [1.54, 1.807) is 11.3 Å².